The number of furan rings is 1. The zero-order chi connectivity index (χ0) is 67.3. The van der Waals surface area contributed by atoms with Gasteiger partial charge in [-0.3, -0.25) is 4.98 Å². The van der Waals surface area contributed by atoms with E-state index in [2.05, 4.69) is 9.97 Å². The van der Waals surface area contributed by atoms with Crippen LogP contribution in [0.25, 0.3) is 111 Å². The minimum Gasteiger partial charge on any atom is -0.455 e. The second-order valence-electron chi connectivity index (χ2n) is 11.9. The van der Waals surface area contributed by atoms with Crippen molar-refractivity contribution in [3.63, 3.8) is 0 Å². The van der Waals surface area contributed by atoms with Crippen molar-refractivity contribution >= 4 is 43.4 Å². The minimum absolute atomic E-state index is 0.497. The zero-order valence-corrected chi connectivity index (χ0v) is 28.3. The first kappa shape index (κ1) is 13.3. The summed E-state index contributed by atoms with van der Waals surface area (Å²) in [5, 5.41) is -4.66. The van der Waals surface area contributed by atoms with Crippen LogP contribution in [0.15, 0.2) is 210 Å². The summed E-state index contributed by atoms with van der Waals surface area (Å²) in [5.41, 5.74) is -10.7. The van der Waals surface area contributed by atoms with Gasteiger partial charge in [-0.2, -0.15) is 0 Å². The van der Waals surface area contributed by atoms with Gasteiger partial charge in [0.25, 0.3) is 0 Å². The Labute approximate surface area is 378 Å². The highest BCUT2D eigenvalue weighted by atomic mass is 16.3. The molecule has 0 aliphatic heterocycles. The predicted octanol–water partition coefficient (Wildman–Crippen LogP) is 14.7. The van der Waals surface area contributed by atoms with Crippen LogP contribution in [0.4, 0.5) is 0 Å². The number of fused-ring (bicyclic) bond motifs is 5. The normalized spacial score (nSPS) is 19.9. The SMILES string of the molecule is [2H]c1nc2c(c([2H])c1[2H])c([2H])c([2H])c1c([2H])c([2H])c(-c3c([2H])c([2H])c(-c4c([2H])c([2H])c(-c5oc(-c6c([2H])c([2H])c([2H])c([2H])c6[2H])c(-c6c([2H])c([2H])c([2H])c([2H])c6[2H])c5-c5c([2H])c([2H])c([2H])c([2H])c5[2H])c5c([2H])c([2H])c([2H])c([2H])c45)c4c([2H])c([2H])c([2H])c([2H])c34)nc12. The summed E-state index contributed by atoms with van der Waals surface area (Å²) in [6.45, 7) is 0. The standard InChI is InChI=1S/C54H34N2O/c1-4-15-35(16-5-1)49-50(36-17-6-2-7-18-36)54(57-53(49)39-19-8-3-9-20-39)47-32-30-45(41-23-11-13-25-43(41)47)44-29-31-46(42-24-12-10-22-40(42)44)48-33-28-38-27-26-37-21-14-34-55-51(37)52(38)56-48/h1-34H/i1D,2D,3D,4D,5D,6D,7D,8D,9D,10D,11D,12D,13D,14D,15D,16D,17D,18D,19D,20D,21D,22D,23D,24D,25D,26D,27D,28D,29D,30D,31D,32D,33D,34D. The van der Waals surface area contributed by atoms with Crippen molar-refractivity contribution in [2.75, 3.05) is 0 Å². The monoisotopic (exact) mass is 760 g/mol. The van der Waals surface area contributed by atoms with Crippen LogP contribution in [0.1, 0.15) is 46.6 Å². The third-order valence-electron chi connectivity index (χ3n) is 8.80. The summed E-state index contributed by atoms with van der Waals surface area (Å²) in [6, 6.07) is -35.2. The highest BCUT2D eigenvalue weighted by molar-refractivity contribution is 6.14. The van der Waals surface area contributed by atoms with Crippen molar-refractivity contribution in [3.8, 4) is 67.3 Å². The van der Waals surface area contributed by atoms with E-state index in [4.69, 9.17) is 33.2 Å². The van der Waals surface area contributed by atoms with Gasteiger partial charge < -0.3 is 4.42 Å². The van der Waals surface area contributed by atoms with E-state index >= 15 is 0 Å². The van der Waals surface area contributed by atoms with E-state index in [9.17, 15) is 17.8 Å². The number of aromatic nitrogens is 2. The summed E-state index contributed by atoms with van der Waals surface area (Å²) >= 11 is 0. The van der Waals surface area contributed by atoms with Gasteiger partial charge in [0.15, 0.2) is 0 Å². The number of benzene rings is 8. The maximum atomic E-state index is 10.1. The second-order valence-corrected chi connectivity index (χ2v) is 11.9. The molecule has 266 valence electrons. The van der Waals surface area contributed by atoms with Crippen LogP contribution in [0.3, 0.4) is 0 Å². The lowest BCUT2D eigenvalue weighted by atomic mass is 9.87. The number of pyridine rings is 2. The highest BCUT2D eigenvalue weighted by Crippen LogP contribution is 2.50. The molecule has 3 nitrogen and oxygen atoms in total. The fourth-order valence-corrected chi connectivity index (χ4v) is 6.40. The smallest absolute Gasteiger partial charge is 0.143 e. The molecule has 0 spiro atoms. The summed E-state index contributed by atoms with van der Waals surface area (Å²) in [6.07, 6.45) is -0.822. The number of hydrogen-bond acceptors (Lipinski definition) is 3. The van der Waals surface area contributed by atoms with Gasteiger partial charge in [0.1, 0.15) is 11.5 Å². The van der Waals surface area contributed by atoms with Crippen LogP contribution in [-0.4, -0.2) is 9.97 Å². The average molecular weight is 761 g/mol. The molecule has 3 aromatic heterocycles. The van der Waals surface area contributed by atoms with E-state index in [0.717, 1.165) is 0 Å². The molecule has 0 saturated heterocycles. The van der Waals surface area contributed by atoms with Crippen molar-refractivity contribution in [2.24, 2.45) is 0 Å². The number of hydrogen-bond donors (Lipinski definition) is 0. The molecule has 0 saturated carbocycles. The summed E-state index contributed by atoms with van der Waals surface area (Å²) in [5.74, 6) is -2.23. The van der Waals surface area contributed by atoms with Gasteiger partial charge in [-0.05, 0) is 61.9 Å². The Morgan fingerprint density at radius 2 is 0.807 bits per heavy atom. The molecule has 3 heterocycles. The van der Waals surface area contributed by atoms with Crippen LogP contribution in [0.2, 0.25) is 0 Å². The molecular weight excluding hydrogens is 693 g/mol. The van der Waals surface area contributed by atoms with Gasteiger partial charge in [0.2, 0.25) is 0 Å². The predicted molar refractivity (Wildman–Crippen MR) is 237 cm³/mol. The van der Waals surface area contributed by atoms with Gasteiger partial charge in [0, 0.05) is 44.8 Å². The molecule has 8 aromatic carbocycles. The van der Waals surface area contributed by atoms with Gasteiger partial charge in [-0.25, -0.2) is 4.98 Å². The molecule has 0 unspecified atom stereocenters. The van der Waals surface area contributed by atoms with Crippen LogP contribution in [0, 0.1) is 0 Å². The van der Waals surface area contributed by atoms with Crippen molar-refractivity contribution in [3.05, 3.63) is 206 Å². The molecule has 57 heavy (non-hydrogen) atoms. The molecule has 11 aromatic rings. The molecular formula is C54H34N2O. The second kappa shape index (κ2) is 13.6. The molecule has 0 bridgehead atoms. The third-order valence-corrected chi connectivity index (χ3v) is 8.80. The van der Waals surface area contributed by atoms with E-state index in [0.29, 0.717) is 0 Å². The Morgan fingerprint density at radius 1 is 0.351 bits per heavy atom. The van der Waals surface area contributed by atoms with E-state index in [-0.39, 0.29) is 0 Å². The molecule has 0 amide bonds. The zero-order valence-electron chi connectivity index (χ0n) is 62.3. The molecule has 0 fully saturated rings. The highest BCUT2D eigenvalue weighted by Gasteiger charge is 2.26. The van der Waals surface area contributed by atoms with E-state index in [1.54, 1.807) is 0 Å². The quantitative estimate of drug-likeness (QED) is 0.158. The average Bonchev–Trinajstić information content (AvgIpc) is 1.69. The molecule has 0 atom stereocenters. The van der Waals surface area contributed by atoms with E-state index in [1.165, 1.54) is 0 Å². The number of nitrogens with zero attached hydrogens (tertiary/aromatic N) is 2. The van der Waals surface area contributed by atoms with Gasteiger partial charge in [-0.15, -0.1) is 0 Å². The lowest BCUT2D eigenvalue weighted by Crippen LogP contribution is -1.92. The van der Waals surface area contributed by atoms with Crippen molar-refractivity contribution in [1.29, 1.82) is 0 Å². The maximum absolute atomic E-state index is 10.1. The molecule has 11 rings (SSSR count). The lowest BCUT2D eigenvalue weighted by Gasteiger charge is -2.16. The van der Waals surface area contributed by atoms with Crippen LogP contribution < -0.4 is 0 Å². The summed E-state index contributed by atoms with van der Waals surface area (Å²) < 4.78 is 315. The first-order valence-electron chi connectivity index (χ1n) is 33.6. The fourth-order valence-electron chi connectivity index (χ4n) is 6.40. The minimum atomic E-state index is -1.31. The van der Waals surface area contributed by atoms with E-state index < -0.39 is 316 Å². The molecule has 3 heteroatoms. The molecule has 0 aliphatic rings. The first-order chi connectivity index (χ1) is 42.4. The Balaban J connectivity index is 1.40. The number of rotatable bonds is 6. The summed E-state index contributed by atoms with van der Waals surface area (Å²) in [7, 11) is 0. The molecule has 0 radical (unpaired) electrons. The Kier molecular flexibility index (Phi) is 3.16. The topological polar surface area (TPSA) is 38.9 Å². The van der Waals surface area contributed by atoms with Crippen LogP contribution in [0.5, 0.6) is 0 Å². The molecule has 0 N–H and O–H groups in total. The van der Waals surface area contributed by atoms with Gasteiger partial charge in [0.05, 0.1) is 63.3 Å². The lowest BCUT2D eigenvalue weighted by molar-refractivity contribution is 0.599. The summed E-state index contributed by atoms with van der Waals surface area (Å²) in [4.78, 5) is 8.48. The largest absolute Gasteiger partial charge is 0.455 e. The molecule has 0 aliphatic carbocycles. The van der Waals surface area contributed by atoms with Crippen molar-refractivity contribution < 1.29 is 51.0 Å². The first-order valence-corrected chi connectivity index (χ1v) is 16.6. The Bertz CT molecular complexity index is 5200. The van der Waals surface area contributed by atoms with Crippen molar-refractivity contribution in [2.45, 2.75) is 0 Å². The van der Waals surface area contributed by atoms with Crippen LogP contribution in [-0.2, 0) is 0 Å². The van der Waals surface area contributed by atoms with Crippen LogP contribution >= 0.6 is 0 Å². The van der Waals surface area contributed by atoms with Gasteiger partial charge in [-0.1, -0.05) is 181 Å². The van der Waals surface area contributed by atoms with Gasteiger partial charge >= 0.3 is 0 Å². The Hall–Kier alpha value is -7.62. The fraction of sp³-hybridized carbons (Fsp3) is 0. The van der Waals surface area contributed by atoms with Crippen molar-refractivity contribution in [1.82, 2.24) is 9.97 Å². The van der Waals surface area contributed by atoms with E-state index in [1.807, 2.05) is 0 Å². The maximum Gasteiger partial charge on any atom is 0.143 e. The Morgan fingerprint density at radius 3 is 1.42 bits per heavy atom. The third kappa shape index (κ3) is 5.51.